The standard InChI is InChI=1S/C10H14FN3/c1-7-4-8(5-14-10(7)11)9-6-12-2-3-13-9/h4-5,9,12-13H,2-3,6H2,1H3. The summed E-state index contributed by atoms with van der Waals surface area (Å²) in [7, 11) is 0. The van der Waals surface area contributed by atoms with Gasteiger partial charge in [0.2, 0.25) is 5.95 Å². The van der Waals surface area contributed by atoms with E-state index in [-0.39, 0.29) is 12.0 Å². The van der Waals surface area contributed by atoms with Gasteiger partial charge in [-0.1, -0.05) is 0 Å². The Labute approximate surface area is 82.7 Å². The minimum absolute atomic E-state index is 0.260. The molecule has 0 aromatic carbocycles. The van der Waals surface area contributed by atoms with Crippen molar-refractivity contribution in [1.29, 1.82) is 0 Å². The summed E-state index contributed by atoms with van der Waals surface area (Å²) in [6.45, 7) is 4.56. The molecule has 1 saturated heterocycles. The number of piperazine rings is 1. The Morgan fingerprint density at radius 2 is 2.36 bits per heavy atom. The second-order valence-electron chi connectivity index (χ2n) is 3.59. The lowest BCUT2D eigenvalue weighted by Crippen LogP contribution is -2.42. The van der Waals surface area contributed by atoms with Gasteiger partial charge in [-0.05, 0) is 18.6 Å². The molecule has 0 bridgehead atoms. The molecule has 1 aromatic rings. The monoisotopic (exact) mass is 195 g/mol. The van der Waals surface area contributed by atoms with Crippen LogP contribution in [0.5, 0.6) is 0 Å². The fourth-order valence-corrected chi connectivity index (χ4v) is 1.66. The number of aryl methyl sites for hydroxylation is 1. The van der Waals surface area contributed by atoms with E-state index in [1.165, 1.54) is 0 Å². The molecule has 0 radical (unpaired) electrons. The predicted molar refractivity (Wildman–Crippen MR) is 52.5 cm³/mol. The normalized spacial score (nSPS) is 22.3. The average molecular weight is 195 g/mol. The zero-order valence-corrected chi connectivity index (χ0v) is 8.18. The first-order chi connectivity index (χ1) is 6.77. The van der Waals surface area contributed by atoms with Crippen LogP contribution >= 0.6 is 0 Å². The van der Waals surface area contributed by atoms with Gasteiger partial charge in [0.1, 0.15) is 0 Å². The van der Waals surface area contributed by atoms with Crippen molar-refractivity contribution < 1.29 is 4.39 Å². The smallest absolute Gasteiger partial charge is 0.215 e. The molecule has 1 unspecified atom stereocenters. The van der Waals surface area contributed by atoms with Gasteiger partial charge in [-0.3, -0.25) is 0 Å². The SMILES string of the molecule is Cc1cc(C2CNCCN2)cnc1F. The molecule has 1 aliphatic heterocycles. The summed E-state index contributed by atoms with van der Waals surface area (Å²) in [5, 5.41) is 6.64. The van der Waals surface area contributed by atoms with E-state index in [4.69, 9.17) is 0 Å². The van der Waals surface area contributed by atoms with Crippen LogP contribution in [-0.2, 0) is 0 Å². The zero-order valence-electron chi connectivity index (χ0n) is 8.18. The lowest BCUT2D eigenvalue weighted by atomic mass is 10.1. The van der Waals surface area contributed by atoms with Crippen molar-refractivity contribution in [3.8, 4) is 0 Å². The third-order valence-electron chi connectivity index (χ3n) is 2.48. The van der Waals surface area contributed by atoms with E-state index in [0.717, 1.165) is 25.2 Å². The first-order valence-electron chi connectivity index (χ1n) is 4.83. The Kier molecular flexibility index (Phi) is 2.74. The van der Waals surface area contributed by atoms with Gasteiger partial charge in [-0.2, -0.15) is 4.39 Å². The molecule has 76 valence electrons. The molecular weight excluding hydrogens is 181 g/mol. The molecule has 3 nitrogen and oxygen atoms in total. The summed E-state index contributed by atoms with van der Waals surface area (Å²) < 4.78 is 12.9. The van der Waals surface area contributed by atoms with Gasteiger partial charge in [-0.25, -0.2) is 4.98 Å². The molecule has 1 atom stereocenters. The molecule has 14 heavy (non-hydrogen) atoms. The van der Waals surface area contributed by atoms with Gasteiger partial charge >= 0.3 is 0 Å². The minimum atomic E-state index is -0.377. The fourth-order valence-electron chi connectivity index (χ4n) is 1.66. The lowest BCUT2D eigenvalue weighted by molar-refractivity contribution is 0.428. The van der Waals surface area contributed by atoms with Gasteiger partial charge < -0.3 is 10.6 Å². The van der Waals surface area contributed by atoms with E-state index in [0.29, 0.717) is 5.56 Å². The Hall–Kier alpha value is -1.00. The molecule has 0 spiro atoms. The van der Waals surface area contributed by atoms with E-state index in [1.54, 1.807) is 13.1 Å². The first kappa shape index (κ1) is 9.55. The number of halogens is 1. The number of hydrogen-bond donors (Lipinski definition) is 2. The topological polar surface area (TPSA) is 37.0 Å². The summed E-state index contributed by atoms with van der Waals surface area (Å²) in [6, 6.07) is 2.11. The van der Waals surface area contributed by atoms with E-state index >= 15 is 0 Å². The van der Waals surface area contributed by atoms with Crippen molar-refractivity contribution >= 4 is 0 Å². The van der Waals surface area contributed by atoms with E-state index in [1.807, 2.05) is 6.07 Å². The predicted octanol–water partition coefficient (Wildman–Crippen LogP) is 0.763. The van der Waals surface area contributed by atoms with Crippen molar-refractivity contribution in [1.82, 2.24) is 15.6 Å². The van der Waals surface area contributed by atoms with Crippen molar-refractivity contribution in [2.24, 2.45) is 0 Å². The Balaban J connectivity index is 2.18. The van der Waals surface area contributed by atoms with Crippen molar-refractivity contribution in [3.05, 3.63) is 29.3 Å². The summed E-state index contributed by atoms with van der Waals surface area (Å²) in [6.07, 6.45) is 1.60. The second-order valence-corrected chi connectivity index (χ2v) is 3.59. The van der Waals surface area contributed by atoms with Crippen LogP contribution in [0, 0.1) is 12.9 Å². The maximum absolute atomic E-state index is 12.9. The number of nitrogens with zero attached hydrogens (tertiary/aromatic N) is 1. The van der Waals surface area contributed by atoms with Crippen LogP contribution in [0.15, 0.2) is 12.3 Å². The highest BCUT2D eigenvalue weighted by Crippen LogP contribution is 2.15. The molecule has 2 rings (SSSR count). The summed E-state index contributed by atoms with van der Waals surface area (Å²) >= 11 is 0. The Bertz CT molecular complexity index is 321. The van der Waals surface area contributed by atoms with Gasteiger partial charge in [0.25, 0.3) is 0 Å². The number of aromatic nitrogens is 1. The second kappa shape index (κ2) is 4.02. The Morgan fingerprint density at radius 3 is 3.00 bits per heavy atom. The summed E-state index contributed by atoms with van der Waals surface area (Å²) in [5.74, 6) is -0.377. The number of rotatable bonds is 1. The van der Waals surface area contributed by atoms with Gasteiger partial charge in [-0.15, -0.1) is 0 Å². The first-order valence-corrected chi connectivity index (χ1v) is 4.83. The molecule has 0 saturated carbocycles. The van der Waals surface area contributed by atoms with E-state index < -0.39 is 0 Å². The highest BCUT2D eigenvalue weighted by atomic mass is 19.1. The molecule has 1 fully saturated rings. The third kappa shape index (κ3) is 1.91. The minimum Gasteiger partial charge on any atom is -0.314 e. The molecule has 2 heterocycles. The highest BCUT2D eigenvalue weighted by Gasteiger charge is 2.15. The molecule has 2 N–H and O–H groups in total. The quantitative estimate of drug-likeness (QED) is 0.650. The summed E-state index contributed by atoms with van der Waals surface area (Å²) in [4.78, 5) is 3.72. The summed E-state index contributed by atoms with van der Waals surface area (Å²) in [5.41, 5.74) is 1.66. The van der Waals surface area contributed by atoms with E-state index in [9.17, 15) is 4.39 Å². The van der Waals surface area contributed by atoms with Gasteiger partial charge in [0.05, 0.1) is 0 Å². The van der Waals surface area contributed by atoms with Crippen LogP contribution in [0.3, 0.4) is 0 Å². The lowest BCUT2D eigenvalue weighted by Gasteiger charge is -2.24. The zero-order chi connectivity index (χ0) is 9.97. The molecule has 0 aliphatic carbocycles. The highest BCUT2D eigenvalue weighted by molar-refractivity contribution is 5.21. The molecule has 0 amide bonds. The number of pyridine rings is 1. The third-order valence-corrected chi connectivity index (χ3v) is 2.48. The maximum Gasteiger partial charge on any atom is 0.215 e. The fraction of sp³-hybridized carbons (Fsp3) is 0.500. The number of hydrogen-bond acceptors (Lipinski definition) is 3. The van der Waals surface area contributed by atoms with Crippen LogP contribution in [0.2, 0.25) is 0 Å². The Morgan fingerprint density at radius 1 is 1.50 bits per heavy atom. The van der Waals surface area contributed by atoms with Crippen molar-refractivity contribution in [2.75, 3.05) is 19.6 Å². The molecule has 4 heteroatoms. The molecular formula is C10H14FN3. The van der Waals surface area contributed by atoms with Crippen LogP contribution in [-0.4, -0.2) is 24.6 Å². The molecule has 1 aliphatic rings. The van der Waals surface area contributed by atoms with Crippen LogP contribution in [0.1, 0.15) is 17.2 Å². The van der Waals surface area contributed by atoms with Crippen molar-refractivity contribution in [3.63, 3.8) is 0 Å². The largest absolute Gasteiger partial charge is 0.314 e. The van der Waals surface area contributed by atoms with Crippen molar-refractivity contribution in [2.45, 2.75) is 13.0 Å². The van der Waals surface area contributed by atoms with Gasteiger partial charge in [0, 0.05) is 37.4 Å². The average Bonchev–Trinajstić information content (AvgIpc) is 2.23. The van der Waals surface area contributed by atoms with Crippen LogP contribution in [0.25, 0.3) is 0 Å². The van der Waals surface area contributed by atoms with Gasteiger partial charge in [0.15, 0.2) is 0 Å². The maximum atomic E-state index is 12.9. The van der Waals surface area contributed by atoms with E-state index in [2.05, 4.69) is 15.6 Å². The molecule has 1 aromatic heterocycles. The van der Waals surface area contributed by atoms with Crippen LogP contribution < -0.4 is 10.6 Å². The number of nitrogens with one attached hydrogen (secondary N) is 2. The van der Waals surface area contributed by atoms with Crippen LogP contribution in [0.4, 0.5) is 4.39 Å².